The van der Waals surface area contributed by atoms with E-state index in [1.165, 1.54) is 43.1 Å². The van der Waals surface area contributed by atoms with Crippen LogP contribution in [0.5, 0.6) is 5.75 Å². The normalized spacial score (nSPS) is 24.2. The second-order valence-electron chi connectivity index (χ2n) is 9.89. The quantitative estimate of drug-likeness (QED) is 0.127. The van der Waals surface area contributed by atoms with Crippen molar-refractivity contribution in [3.63, 3.8) is 0 Å². The maximum absolute atomic E-state index is 13.9. The van der Waals surface area contributed by atoms with Gasteiger partial charge in [0.25, 0.3) is 0 Å². The number of aromatic nitrogens is 3. The summed E-state index contributed by atoms with van der Waals surface area (Å²) < 4.78 is 41.6. The number of carbonyl (C=O) groups excluding carboxylic acids is 2. The molecule has 3 heterocycles. The number of anilines is 1. The highest BCUT2D eigenvalue weighted by Crippen LogP contribution is 2.48. The molecule has 0 spiro atoms. The standard InChI is InChI=1S/C26H32N7O10P/c1-14(24(36)39-2)32-44(38,43-16-6-4-15(5-7-16)10-17(28)25(37)40-3)41-12-26(11-27)22(35)20(34)21(42-26)18-8-9-19-23(29)30-13-31-33(18)19/h4-9,13-14,17,20-22,34-35H,10,12,28H2,1-3H3,(H,32,38)(H2,29,30,31)/t14-,17-,20-,21-,22-,26+,44+/m0/s1. The molecule has 4 rings (SSSR count). The zero-order valence-electron chi connectivity index (χ0n) is 23.9. The molecule has 18 heteroatoms. The van der Waals surface area contributed by atoms with Gasteiger partial charge in [0.1, 0.15) is 60.7 Å². The van der Waals surface area contributed by atoms with Crippen molar-refractivity contribution in [1.82, 2.24) is 19.7 Å². The summed E-state index contributed by atoms with van der Waals surface area (Å²) in [5.74, 6) is -1.23. The third-order valence-electron chi connectivity index (χ3n) is 6.90. The second kappa shape index (κ2) is 13.2. The molecule has 44 heavy (non-hydrogen) atoms. The first-order valence-electron chi connectivity index (χ1n) is 13.1. The van der Waals surface area contributed by atoms with Gasteiger partial charge in [-0.3, -0.25) is 14.1 Å². The maximum atomic E-state index is 13.9. The van der Waals surface area contributed by atoms with Crippen LogP contribution in [0.3, 0.4) is 0 Å². The number of esters is 2. The molecule has 1 saturated heterocycles. The van der Waals surface area contributed by atoms with E-state index in [0.29, 0.717) is 11.1 Å². The summed E-state index contributed by atoms with van der Waals surface area (Å²) in [5.41, 5.74) is 10.7. The molecule has 236 valence electrons. The van der Waals surface area contributed by atoms with Gasteiger partial charge >= 0.3 is 19.7 Å². The van der Waals surface area contributed by atoms with E-state index in [0.717, 1.165) is 7.11 Å². The van der Waals surface area contributed by atoms with Gasteiger partial charge < -0.3 is 40.4 Å². The number of nitrogen functional groups attached to an aromatic ring is 1. The Morgan fingerprint density at radius 1 is 1.20 bits per heavy atom. The topological polar surface area (TPSA) is 256 Å². The Kier molecular flexibility index (Phi) is 9.86. The fourth-order valence-electron chi connectivity index (χ4n) is 4.53. The van der Waals surface area contributed by atoms with Crippen molar-refractivity contribution in [2.45, 2.75) is 49.3 Å². The van der Waals surface area contributed by atoms with Crippen LogP contribution in [-0.4, -0.2) is 87.5 Å². The fraction of sp³-hybridized carbons (Fsp3) is 0.423. The van der Waals surface area contributed by atoms with Crippen LogP contribution in [0.25, 0.3) is 5.52 Å². The highest BCUT2D eigenvalue weighted by Gasteiger charge is 2.57. The van der Waals surface area contributed by atoms with Gasteiger partial charge in [0, 0.05) is 0 Å². The van der Waals surface area contributed by atoms with Crippen molar-refractivity contribution in [1.29, 1.82) is 5.26 Å². The van der Waals surface area contributed by atoms with Crippen LogP contribution in [0, 0.1) is 11.3 Å². The molecule has 0 radical (unpaired) electrons. The Morgan fingerprint density at radius 3 is 2.52 bits per heavy atom. The van der Waals surface area contributed by atoms with Crippen LogP contribution in [0.4, 0.5) is 5.82 Å². The number of ether oxygens (including phenoxy) is 3. The highest BCUT2D eigenvalue weighted by atomic mass is 31.2. The van der Waals surface area contributed by atoms with E-state index in [2.05, 4.69) is 24.6 Å². The molecular formula is C26H32N7O10P. The highest BCUT2D eigenvalue weighted by molar-refractivity contribution is 7.52. The minimum absolute atomic E-state index is 0.0158. The lowest BCUT2D eigenvalue weighted by molar-refractivity contribution is -0.143. The first-order valence-corrected chi connectivity index (χ1v) is 14.7. The number of rotatable bonds is 12. The molecule has 0 unspecified atom stereocenters. The predicted molar refractivity (Wildman–Crippen MR) is 151 cm³/mol. The van der Waals surface area contributed by atoms with Gasteiger partial charge in [0.2, 0.25) is 5.60 Å². The largest absolute Gasteiger partial charge is 0.468 e. The lowest BCUT2D eigenvalue weighted by Crippen LogP contribution is -2.46. The van der Waals surface area contributed by atoms with Crippen molar-refractivity contribution in [3.8, 4) is 11.8 Å². The van der Waals surface area contributed by atoms with E-state index in [1.54, 1.807) is 24.3 Å². The number of carbonyl (C=O) groups is 2. The molecule has 1 aliphatic rings. The van der Waals surface area contributed by atoms with E-state index in [-0.39, 0.29) is 23.7 Å². The molecule has 0 bridgehead atoms. The van der Waals surface area contributed by atoms with E-state index in [1.807, 2.05) is 0 Å². The summed E-state index contributed by atoms with van der Waals surface area (Å²) in [7, 11) is -2.17. The number of nitrogens with zero attached hydrogens (tertiary/aromatic N) is 4. The summed E-state index contributed by atoms with van der Waals surface area (Å²) in [6.07, 6.45) is -3.43. The van der Waals surface area contributed by atoms with Gasteiger partial charge in [0.05, 0.1) is 19.9 Å². The van der Waals surface area contributed by atoms with Crippen molar-refractivity contribution in [2.75, 3.05) is 26.6 Å². The molecule has 1 aromatic carbocycles. The lowest BCUT2D eigenvalue weighted by atomic mass is 9.96. The first kappa shape index (κ1) is 32.8. The van der Waals surface area contributed by atoms with Gasteiger partial charge in [-0.25, -0.2) is 14.1 Å². The molecule has 0 saturated carbocycles. The molecule has 0 amide bonds. The molecule has 0 aliphatic carbocycles. The van der Waals surface area contributed by atoms with Crippen LogP contribution in [0.15, 0.2) is 42.7 Å². The van der Waals surface area contributed by atoms with Crippen LogP contribution >= 0.6 is 7.75 Å². The number of fused-ring (bicyclic) bond motifs is 1. The molecule has 1 aliphatic heterocycles. The van der Waals surface area contributed by atoms with Crippen LogP contribution < -0.4 is 21.1 Å². The molecule has 7 N–H and O–H groups in total. The third kappa shape index (κ3) is 6.66. The zero-order chi connectivity index (χ0) is 32.2. The van der Waals surface area contributed by atoms with E-state index < -0.39 is 62.3 Å². The summed E-state index contributed by atoms with van der Waals surface area (Å²) in [4.78, 5) is 27.6. The average molecular weight is 634 g/mol. The van der Waals surface area contributed by atoms with Crippen LogP contribution in [-0.2, 0) is 39.3 Å². The Hall–Kier alpha value is -4.14. The number of hydrogen-bond acceptors (Lipinski definition) is 15. The molecule has 2 aromatic heterocycles. The van der Waals surface area contributed by atoms with Gasteiger partial charge in [0.15, 0.2) is 5.82 Å². The Bertz CT molecular complexity index is 1600. The third-order valence-corrected chi connectivity index (χ3v) is 8.53. The summed E-state index contributed by atoms with van der Waals surface area (Å²) in [6, 6.07) is 8.77. The monoisotopic (exact) mass is 633 g/mol. The average Bonchev–Trinajstić information content (AvgIpc) is 3.55. The Balaban J connectivity index is 1.57. The number of nitrogens with two attached hydrogens (primary N) is 2. The number of nitrogens with one attached hydrogen (secondary N) is 1. The number of nitriles is 1. The molecule has 7 atom stereocenters. The number of methoxy groups -OCH3 is 2. The van der Waals surface area contributed by atoms with E-state index in [4.69, 9.17) is 25.3 Å². The van der Waals surface area contributed by atoms with Gasteiger partial charge in [-0.1, -0.05) is 12.1 Å². The molecular weight excluding hydrogens is 601 g/mol. The number of benzene rings is 1. The van der Waals surface area contributed by atoms with Crippen molar-refractivity contribution in [2.24, 2.45) is 5.73 Å². The number of aliphatic hydroxyl groups is 2. The van der Waals surface area contributed by atoms with E-state index in [9.17, 15) is 29.6 Å². The van der Waals surface area contributed by atoms with Crippen molar-refractivity contribution < 1.29 is 47.6 Å². The number of hydrogen-bond donors (Lipinski definition) is 5. The van der Waals surface area contributed by atoms with Gasteiger partial charge in [-0.05, 0) is 43.2 Å². The first-order chi connectivity index (χ1) is 20.9. The zero-order valence-corrected chi connectivity index (χ0v) is 24.8. The Morgan fingerprint density at radius 2 is 1.89 bits per heavy atom. The maximum Gasteiger partial charge on any atom is 0.459 e. The summed E-state index contributed by atoms with van der Waals surface area (Å²) in [5, 5.41) is 38.5. The SMILES string of the molecule is COC(=O)[C@H](C)N[P@@](=O)(OC[C@@]1(C#N)O[C@@H](c2ccc3c(N)ncnn23)[C@H](O)[C@@H]1O)Oc1ccc(C[C@H](N)C(=O)OC)cc1. The van der Waals surface area contributed by atoms with Gasteiger partial charge in [-0.15, -0.1) is 0 Å². The summed E-state index contributed by atoms with van der Waals surface area (Å²) in [6.45, 7) is 0.470. The predicted octanol–water partition coefficient (Wildman–Crippen LogP) is -0.235. The number of aliphatic hydroxyl groups excluding tert-OH is 2. The minimum atomic E-state index is -4.52. The van der Waals surface area contributed by atoms with Gasteiger partial charge in [-0.2, -0.15) is 15.4 Å². The lowest BCUT2D eigenvalue weighted by Gasteiger charge is -2.28. The molecule has 17 nitrogen and oxygen atoms in total. The van der Waals surface area contributed by atoms with E-state index >= 15 is 0 Å². The van der Waals surface area contributed by atoms with Crippen molar-refractivity contribution >= 4 is 31.0 Å². The fourth-order valence-corrected chi connectivity index (χ4v) is 6.05. The van der Waals surface area contributed by atoms with Crippen LogP contribution in [0.1, 0.15) is 24.3 Å². The minimum Gasteiger partial charge on any atom is -0.468 e. The van der Waals surface area contributed by atoms with Crippen molar-refractivity contribution in [3.05, 3.63) is 54.0 Å². The molecule has 3 aromatic rings. The Labute approximate surface area is 251 Å². The smallest absolute Gasteiger partial charge is 0.459 e. The summed E-state index contributed by atoms with van der Waals surface area (Å²) >= 11 is 0. The molecule has 1 fully saturated rings. The second-order valence-corrected chi connectivity index (χ2v) is 11.6. The van der Waals surface area contributed by atoms with Crippen LogP contribution in [0.2, 0.25) is 0 Å².